The van der Waals surface area contributed by atoms with E-state index < -0.39 is 0 Å². The molecule has 0 radical (unpaired) electrons. The molecule has 3 aliphatic rings. The maximum absolute atomic E-state index is 12.5. The lowest BCUT2D eigenvalue weighted by Gasteiger charge is -2.29. The SMILES string of the molecule is Cc1cnc(C(=O)NC[C@H]2[C@H]3CN(CCc4nccn4C)C[C@]34CC[C@H]2O4)cn1. The first-order chi connectivity index (χ1) is 14.0. The van der Waals surface area contributed by atoms with Crippen LogP contribution in [0.4, 0.5) is 0 Å². The monoisotopic (exact) mass is 396 g/mol. The van der Waals surface area contributed by atoms with Gasteiger partial charge in [0.2, 0.25) is 0 Å². The number of aromatic nitrogens is 4. The van der Waals surface area contributed by atoms with Crippen LogP contribution < -0.4 is 5.32 Å². The van der Waals surface area contributed by atoms with Gasteiger partial charge in [0.15, 0.2) is 0 Å². The van der Waals surface area contributed by atoms with Crippen molar-refractivity contribution in [2.75, 3.05) is 26.2 Å². The standard InChI is InChI=1S/C21H28N6O2/c1-14-9-24-17(11-23-14)20(28)25-10-15-16-12-27(7-4-19-22-6-8-26(19)2)13-21(16)5-3-18(15)29-21/h6,8-9,11,15-16,18H,3-5,7,10,12-13H2,1-2H3,(H,25,28)/t15-,16+,18+,21+/m0/s1. The van der Waals surface area contributed by atoms with Gasteiger partial charge in [-0.2, -0.15) is 0 Å². The molecule has 0 saturated carbocycles. The number of hydrogen-bond donors (Lipinski definition) is 1. The molecule has 4 atom stereocenters. The summed E-state index contributed by atoms with van der Waals surface area (Å²) >= 11 is 0. The van der Waals surface area contributed by atoms with Crippen LogP contribution in [0.25, 0.3) is 0 Å². The van der Waals surface area contributed by atoms with Gasteiger partial charge in [-0.1, -0.05) is 0 Å². The molecule has 2 bridgehead atoms. The minimum Gasteiger partial charge on any atom is -0.370 e. The Balaban J connectivity index is 1.20. The fourth-order valence-corrected chi connectivity index (χ4v) is 5.44. The maximum Gasteiger partial charge on any atom is 0.271 e. The van der Waals surface area contributed by atoms with Crippen LogP contribution in [0.1, 0.15) is 34.8 Å². The Morgan fingerprint density at radius 2 is 2.24 bits per heavy atom. The summed E-state index contributed by atoms with van der Waals surface area (Å²) in [6.07, 6.45) is 10.5. The number of nitrogens with zero attached hydrogens (tertiary/aromatic N) is 5. The number of aryl methyl sites for hydroxylation is 2. The highest BCUT2D eigenvalue weighted by molar-refractivity contribution is 5.91. The van der Waals surface area contributed by atoms with Crippen LogP contribution in [0, 0.1) is 18.8 Å². The molecule has 3 fully saturated rings. The van der Waals surface area contributed by atoms with Gasteiger partial charge in [0, 0.05) is 70.1 Å². The highest BCUT2D eigenvalue weighted by Crippen LogP contribution is 2.54. The van der Waals surface area contributed by atoms with Gasteiger partial charge in [0.25, 0.3) is 5.91 Å². The lowest BCUT2D eigenvalue weighted by Crippen LogP contribution is -2.42. The fourth-order valence-electron chi connectivity index (χ4n) is 5.44. The Kier molecular flexibility index (Phi) is 4.63. The first kappa shape index (κ1) is 18.7. The van der Waals surface area contributed by atoms with E-state index in [1.165, 1.54) is 0 Å². The molecule has 5 rings (SSSR count). The van der Waals surface area contributed by atoms with E-state index in [-0.39, 0.29) is 17.6 Å². The highest BCUT2D eigenvalue weighted by atomic mass is 16.5. The van der Waals surface area contributed by atoms with Crippen molar-refractivity contribution in [2.24, 2.45) is 18.9 Å². The summed E-state index contributed by atoms with van der Waals surface area (Å²) in [5, 5.41) is 3.08. The van der Waals surface area contributed by atoms with Crippen molar-refractivity contribution in [3.05, 3.63) is 42.0 Å². The lowest BCUT2D eigenvalue weighted by molar-refractivity contribution is 0.00281. The zero-order valence-electron chi connectivity index (χ0n) is 17.0. The van der Waals surface area contributed by atoms with E-state index in [1.807, 2.05) is 26.4 Å². The minimum absolute atomic E-state index is 0.0225. The Bertz CT molecular complexity index is 897. The summed E-state index contributed by atoms with van der Waals surface area (Å²) in [5.41, 5.74) is 1.16. The second-order valence-electron chi connectivity index (χ2n) is 8.72. The number of fused-ring (bicyclic) bond motifs is 1. The van der Waals surface area contributed by atoms with Crippen LogP contribution in [-0.2, 0) is 18.2 Å². The van der Waals surface area contributed by atoms with E-state index in [4.69, 9.17) is 4.74 Å². The van der Waals surface area contributed by atoms with E-state index in [2.05, 4.69) is 29.7 Å². The second-order valence-corrected chi connectivity index (χ2v) is 8.72. The molecular formula is C21H28N6O2. The molecular weight excluding hydrogens is 368 g/mol. The summed E-state index contributed by atoms with van der Waals surface area (Å²) in [5.74, 6) is 1.81. The van der Waals surface area contributed by atoms with Crippen molar-refractivity contribution < 1.29 is 9.53 Å². The number of nitrogens with one attached hydrogen (secondary N) is 1. The van der Waals surface area contributed by atoms with Crippen molar-refractivity contribution in [1.29, 1.82) is 0 Å². The average molecular weight is 396 g/mol. The van der Waals surface area contributed by atoms with Crippen LogP contribution >= 0.6 is 0 Å². The Labute approximate surface area is 170 Å². The molecule has 0 unspecified atom stereocenters. The number of ether oxygens (including phenoxy) is 1. The van der Waals surface area contributed by atoms with Crippen LogP contribution in [0.3, 0.4) is 0 Å². The number of amides is 1. The van der Waals surface area contributed by atoms with Crippen LogP contribution in [0.2, 0.25) is 0 Å². The first-order valence-corrected chi connectivity index (χ1v) is 10.5. The van der Waals surface area contributed by atoms with E-state index >= 15 is 0 Å². The number of hydrogen-bond acceptors (Lipinski definition) is 6. The third kappa shape index (κ3) is 3.34. The maximum atomic E-state index is 12.5. The van der Waals surface area contributed by atoms with Gasteiger partial charge in [0.05, 0.1) is 23.6 Å². The van der Waals surface area contributed by atoms with E-state index in [0.717, 1.165) is 50.4 Å². The van der Waals surface area contributed by atoms with Crippen molar-refractivity contribution in [3.63, 3.8) is 0 Å². The van der Waals surface area contributed by atoms with Crippen LogP contribution in [-0.4, -0.2) is 68.2 Å². The van der Waals surface area contributed by atoms with Crippen molar-refractivity contribution in [3.8, 4) is 0 Å². The summed E-state index contributed by atoms with van der Waals surface area (Å²) < 4.78 is 8.59. The van der Waals surface area contributed by atoms with Gasteiger partial charge in [-0.05, 0) is 19.8 Å². The number of carbonyl (C=O) groups excluding carboxylic acids is 1. The van der Waals surface area contributed by atoms with Gasteiger partial charge in [-0.25, -0.2) is 9.97 Å². The largest absolute Gasteiger partial charge is 0.370 e. The number of imidazole rings is 1. The number of likely N-dealkylation sites (tertiary alicyclic amines) is 1. The summed E-state index contributed by atoms with van der Waals surface area (Å²) in [6.45, 7) is 5.52. The van der Waals surface area contributed by atoms with Crippen LogP contribution in [0.5, 0.6) is 0 Å². The Morgan fingerprint density at radius 3 is 3.00 bits per heavy atom. The number of rotatable bonds is 6. The quantitative estimate of drug-likeness (QED) is 0.783. The van der Waals surface area contributed by atoms with E-state index in [0.29, 0.717) is 24.1 Å². The molecule has 29 heavy (non-hydrogen) atoms. The Morgan fingerprint density at radius 1 is 1.34 bits per heavy atom. The predicted octanol–water partition coefficient (Wildman–Crippen LogP) is 0.970. The molecule has 2 aromatic rings. The Hall–Kier alpha value is -2.32. The molecule has 8 nitrogen and oxygen atoms in total. The molecule has 1 N–H and O–H groups in total. The fraction of sp³-hybridized carbons (Fsp3) is 0.619. The van der Waals surface area contributed by atoms with Gasteiger partial charge in [0.1, 0.15) is 11.5 Å². The molecule has 154 valence electrons. The average Bonchev–Trinajstić information content (AvgIpc) is 3.45. The summed E-state index contributed by atoms with van der Waals surface area (Å²) in [4.78, 5) is 27.8. The number of carbonyl (C=O) groups is 1. The van der Waals surface area contributed by atoms with E-state index in [9.17, 15) is 4.79 Å². The molecule has 0 aromatic carbocycles. The zero-order chi connectivity index (χ0) is 20.0. The van der Waals surface area contributed by atoms with Gasteiger partial charge >= 0.3 is 0 Å². The molecule has 2 aromatic heterocycles. The minimum atomic E-state index is -0.154. The lowest BCUT2D eigenvalue weighted by atomic mass is 9.73. The normalized spacial score (nSPS) is 30.6. The summed E-state index contributed by atoms with van der Waals surface area (Å²) in [6, 6.07) is 0. The predicted molar refractivity (Wildman–Crippen MR) is 106 cm³/mol. The molecule has 3 aliphatic heterocycles. The smallest absolute Gasteiger partial charge is 0.271 e. The van der Waals surface area contributed by atoms with Crippen molar-refractivity contribution in [1.82, 2.24) is 29.7 Å². The third-order valence-electron chi connectivity index (χ3n) is 6.94. The molecule has 1 amide bonds. The van der Waals surface area contributed by atoms with Gasteiger partial charge < -0.3 is 14.6 Å². The third-order valence-corrected chi connectivity index (χ3v) is 6.94. The molecule has 1 spiro atoms. The topological polar surface area (TPSA) is 85.2 Å². The van der Waals surface area contributed by atoms with Crippen molar-refractivity contribution in [2.45, 2.75) is 37.9 Å². The van der Waals surface area contributed by atoms with Crippen molar-refractivity contribution >= 4 is 5.91 Å². The zero-order valence-corrected chi connectivity index (χ0v) is 17.0. The molecule has 3 saturated heterocycles. The van der Waals surface area contributed by atoms with Gasteiger partial charge in [-0.3, -0.25) is 14.7 Å². The summed E-state index contributed by atoms with van der Waals surface area (Å²) in [7, 11) is 2.04. The molecule has 5 heterocycles. The second kappa shape index (κ2) is 7.18. The van der Waals surface area contributed by atoms with E-state index in [1.54, 1.807) is 12.4 Å². The molecule has 0 aliphatic carbocycles. The highest BCUT2D eigenvalue weighted by Gasteiger charge is 2.62. The first-order valence-electron chi connectivity index (χ1n) is 10.5. The van der Waals surface area contributed by atoms with Crippen LogP contribution in [0.15, 0.2) is 24.8 Å². The van der Waals surface area contributed by atoms with Gasteiger partial charge in [-0.15, -0.1) is 0 Å². The molecule has 8 heteroatoms.